The predicted molar refractivity (Wildman–Crippen MR) is 108 cm³/mol. The number of hydrogen-bond acceptors (Lipinski definition) is 6. The van der Waals surface area contributed by atoms with Crippen molar-refractivity contribution in [2.45, 2.75) is 18.9 Å². The van der Waals surface area contributed by atoms with E-state index in [1.165, 1.54) is 6.07 Å². The lowest BCUT2D eigenvalue weighted by Gasteiger charge is -2.36. The number of carbonyl (C=O) groups excluding carboxylic acids is 1. The zero-order valence-corrected chi connectivity index (χ0v) is 16.2. The Morgan fingerprint density at radius 1 is 1.00 bits per heavy atom. The minimum absolute atomic E-state index is 0.148. The molecule has 9 heteroatoms. The second kappa shape index (κ2) is 7.47. The number of hydrogen-bond donors (Lipinski definition) is 1. The number of amides is 1. The number of benzene rings is 1. The minimum Gasteiger partial charge on any atom is -0.364 e. The van der Waals surface area contributed by atoms with Crippen LogP contribution in [-0.4, -0.2) is 58.0 Å². The molecule has 1 saturated heterocycles. The van der Waals surface area contributed by atoms with Gasteiger partial charge in [0.25, 0.3) is 5.91 Å². The quantitative estimate of drug-likeness (QED) is 0.713. The largest absolute Gasteiger partial charge is 0.364 e. The number of anilines is 2. The second-order valence-corrected chi connectivity index (χ2v) is 7.59. The van der Waals surface area contributed by atoms with Crippen molar-refractivity contribution in [3.05, 3.63) is 53.9 Å². The highest BCUT2D eigenvalue weighted by Gasteiger charge is 2.28. The summed E-state index contributed by atoms with van der Waals surface area (Å²) in [5, 5.41) is 3.45. The molecular weight excluding hydrogens is 390 g/mol. The summed E-state index contributed by atoms with van der Waals surface area (Å²) in [6, 6.07) is 5.50. The van der Waals surface area contributed by atoms with Crippen LogP contribution < -0.4 is 10.2 Å². The van der Waals surface area contributed by atoms with Crippen molar-refractivity contribution in [2.75, 3.05) is 36.4 Å². The van der Waals surface area contributed by atoms with E-state index in [9.17, 15) is 13.6 Å². The molecule has 1 amide bonds. The maximum Gasteiger partial charge on any atom is 0.254 e. The van der Waals surface area contributed by atoms with Crippen molar-refractivity contribution in [3.63, 3.8) is 0 Å². The van der Waals surface area contributed by atoms with Crippen molar-refractivity contribution < 1.29 is 13.6 Å². The molecule has 1 aromatic carbocycles. The van der Waals surface area contributed by atoms with Crippen LogP contribution in [0.4, 0.5) is 20.4 Å². The van der Waals surface area contributed by atoms with E-state index in [1.807, 2.05) is 6.07 Å². The SMILES string of the molecule is O=C(c1ccc(F)c(F)c1)N1CCN(c2nc3cnccc3nc2NC2CC2)CC1. The first-order valence-corrected chi connectivity index (χ1v) is 9.96. The fourth-order valence-corrected chi connectivity index (χ4v) is 3.57. The Morgan fingerprint density at radius 2 is 1.80 bits per heavy atom. The third-order valence-electron chi connectivity index (χ3n) is 5.40. The Balaban J connectivity index is 1.35. The zero-order valence-electron chi connectivity index (χ0n) is 16.2. The molecule has 0 atom stereocenters. The number of halogens is 2. The van der Waals surface area contributed by atoms with E-state index in [0.29, 0.717) is 37.7 Å². The summed E-state index contributed by atoms with van der Waals surface area (Å²) in [7, 11) is 0. The lowest BCUT2D eigenvalue weighted by atomic mass is 10.1. The summed E-state index contributed by atoms with van der Waals surface area (Å²) in [6.07, 6.45) is 5.62. The van der Waals surface area contributed by atoms with Gasteiger partial charge >= 0.3 is 0 Å². The summed E-state index contributed by atoms with van der Waals surface area (Å²) >= 11 is 0. The highest BCUT2D eigenvalue weighted by atomic mass is 19.2. The van der Waals surface area contributed by atoms with Crippen molar-refractivity contribution in [2.24, 2.45) is 0 Å². The van der Waals surface area contributed by atoms with E-state index in [0.717, 1.165) is 42.1 Å². The summed E-state index contributed by atoms with van der Waals surface area (Å²) in [5.41, 5.74) is 1.65. The van der Waals surface area contributed by atoms with Crippen molar-refractivity contribution >= 4 is 28.6 Å². The van der Waals surface area contributed by atoms with Crippen LogP contribution in [0.25, 0.3) is 11.0 Å². The summed E-state index contributed by atoms with van der Waals surface area (Å²) < 4.78 is 26.6. The Bertz CT molecular complexity index is 1110. The van der Waals surface area contributed by atoms with Crippen LogP contribution in [0.1, 0.15) is 23.2 Å². The Morgan fingerprint density at radius 3 is 2.53 bits per heavy atom. The maximum absolute atomic E-state index is 13.5. The molecule has 154 valence electrons. The van der Waals surface area contributed by atoms with Crippen LogP contribution in [0.3, 0.4) is 0 Å². The molecule has 0 radical (unpaired) electrons. The Hall–Kier alpha value is -3.36. The molecule has 0 unspecified atom stereocenters. The molecule has 7 nitrogen and oxygen atoms in total. The lowest BCUT2D eigenvalue weighted by Crippen LogP contribution is -2.49. The molecule has 1 saturated carbocycles. The summed E-state index contributed by atoms with van der Waals surface area (Å²) in [6.45, 7) is 2.03. The predicted octanol–water partition coefficient (Wildman–Crippen LogP) is 2.84. The van der Waals surface area contributed by atoms with E-state index >= 15 is 0 Å². The average molecular weight is 410 g/mol. The standard InChI is InChI=1S/C21H20F2N6O/c22-15-4-1-13(11-16(15)23)21(30)29-9-7-28(8-10-29)20-19(25-14-2-3-14)26-17-5-6-24-12-18(17)27-20/h1,4-6,11-12,14H,2-3,7-10H2,(H,25,26). The van der Waals surface area contributed by atoms with Gasteiger partial charge in [0.1, 0.15) is 5.52 Å². The van der Waals surface area contributed by atoms with Gasteiger partial charge < -0.3 is 15.1 Å². The van der Waals surface area contributed by atoms with Crippen molar-refractivity contribution in [1.29, 1.82) is 0 Å². The van der Waals surface area contributed by atoms with Crippen LogP contribution in [0, 0.1) is 11.6 Å². The molecule has 3 heterocycles. The zero-order chi connectivity index (χ0) is 20.7. The van der Waals surface area contributed by atoms with E-state index in [4.69, 9.17) is 9.97 Å². The van der Waals surface area contributed by atoms with Gasteiger partial charge in [-0.15, -0.1) is 0 Å². The van der Waals surface area contributed by atoms with E-state index in [1.54, 1.807) is 17.3 Å². The Kier molecular flexibility index (Phi) is 4.65. The molecule has 30 heavy (non-hydrogen) atoms. The van der Waals surface area contributed by atoms with E-state index in [-0.39, 0.29) is 11.5 Å². The molecule has 0 bridgehead atoms. The van der Waals surface area contributed by atoms with Crippen LogP contribution in [0.15, 0.2) is 36.7 Å². The fourth-order valence-electron chi connectivity index (χ4n) is 3.57. The minimum atomic E-state index is -1.02. The van der Waals surface area contributed by atoms with Gasteiger partial charge in [0.2, 0.25) is 0 Å². The molecule has 5 rings (SSSR count). The van der Waals surface area contributed by atoms with Gasteiger partial charge in [-0.05, 0) is 37.1 Å². The molecule has 3 aromatic rings. The number of piperazine rings is 1. The number of rotatable bonds is 4. The average Bonchev–Trinajstić information content (AvgIpc) is 3.59. The fraction of sp³-hybridized carbons (Fsp3) is 0.333. The van der Waals surface area contributed by atoms with Crippen molar-refractivity contribution in [3.8, 4) is 0 Å². The normalized spacial score (nSPS) is 16.7. The van der Waals surface area contributed by atoms with Gasteiger partial charge in [-0.3, -0.25) is 9.78 Å². The molecular formula is C21H20F2N6O. The van der Waals surface area contributed by atoms with Gasteiger partial charge in [-0.2, -0.15) is 0 Å². The smallest absolute Gasteiger partial charge is 0.254 e. The van der Waals surface area contributed by atoms with Gasteiger partial charge in [-0.25, -0.2) is 18.7 Å². The summed E-state index contributed by atoms with van der Waals surface area (Å²) in [5.74, 6) is -0.788. The first-order chi connectivity index (χ1) is 14.6. The van der Waals surface area contributed by atoms with Crippen molar-refractivity contribution in [1.82, 2.24) is 19.9 Å². The van der Waals surface area contributed by atoms with Crippen LogP contribution >= 0.6 is 0 Å². The molecule has 0 spiro atoms. The third-order valence-corrected chi connectivity index (χ3v) is 5.40. The second-order valence-electron chi connectivity index (χ2n) is 7.59. The van der Waals surface area contributed by atoms with Crippen LogP contribution in [-0.2, 0) is 0 Å². The lowest BCUT2D eigenvalue weighted by molar-refractivity contribution is 0.0746. The maximum atomic E-state index is 13.5. The first kappa shape index (κ1) is 18.7. The Labute approximate surface area is 171 Å². The number of carbonyl (C=O) groups is 1. The van der Waals surface area contributed by atoms with Gasteiger partial charge in [0, 0.05) is 44.0 Å². The molecule has 2 fully saturated rings. The number of nitrogens with zero attached hydrogens (tertiary/aromatic N) is 5. The summed E-state index contributed by atoms with van der Waals surface area (Å²) in [4.78, 5) is 30.1. The molecule has 1 aliphatic carbocycles. The van der Waals surface area contributed by atoms with E-state index < -0.39 is 11.6 Å². The number of nitrogens with one attached hydrogen (secondary N) is 1. The number of pyridine rings is 1. The molecule has 1 N–H and O–H groups in total. The first-order valence-electron chi connectivity index (χ1n) is 9.96. The van der Waals surface area contributed by atoms with E-state index in [2.05, 4.69) is 15.2 Å². The molecule has 2 aromatic heterocycles. The van der Waals surface area contributed by atoms with Gasteiger partial charge in [0.15, 0.2) is 23.3 Å². The highest BCUT2D eigenvalue weighted by Crippen LogP contribution is 2.31. The van der Waals surface area contributed by atoms with Crippen LogP contribution in [0.2, 0.25) is 0 Å². The van der Waals surface area contributed by atoms with Crippen LogP contribution in [0.5, 0.6) is 0 Å². The highest BCUT2D eigenvalue weighted by molar-refractivity contribution is 5.94. The number of aromatic nitrogens is 3. The monoisotopic (exact) mass is 410 g/mol. The third kappa shape index (κ3) is 3.62. The van der Waals surface area contributed by atoms with Gasteiger partial charge in [-0.1, -0.05) is 0 Å². The number of fused-ring (bicyclic) bond motifs is 1. The molecule has 2 aliphatic rings. The molecule has 1 aliphatic heterocycles. The topological polar surface area (TPSA) is 74.2 Å². The van der Waals surface area contributed by atoms with Gasteiger partial charge in [0.05, 0.1) is 11.7 Å².